The van der Waals surface area contributed by atoms with E-state index in [1.165, 1.54) is 5.56 Å². The minimum atomic E-state index is 0.862. The topological polar surface area (TPSA) is 42.7 Å². The van der Waals surface area contributed by atoms with Crippen LogP contribution in [0.1, 0.15) is 11.1 Å². The summed E-state index contributed by atoms with van der Waals surface area (Å²) in [4.78, 5) is 4.34. The number of hydrogen-bond acceptors (Lipinski definition) is 3. The van der Waals surface area contributed by atoms with Crippen LogP contribution in [0.4, 0.5) is 5.82 Å². The van der Waals surface area contributed by atoms with Crippen molar-refractivity contribution in [3.8, 4) is 0 Å². The molecule has 0 aliphatic heterocycles. The van der Waals surface area contributed by atoms with Gasteiger partial charge in [0.05, 0.1) is 6.20 Å². The van der Waals surface area contributed by atoms with Crippen molar-refractivity contribution in [1.29, 1.82) is 0 Å². The summed E-state index contributed by atoms with van der Waals surface area (Å²) in [6, 6.07) is 2.05. The SMILES string of the molecule is Cc1cc(Br)cnc1NCCc1cnn(C)c1. The third kappa shape index (κ3) is 3.30. The van der Waals surface area contributed by atoms with Crippen molar-refractivity contribution in [2.24, 2.45) is 7.05 Å². The first kappa shape index (κ1) is 12.1. The average molecular weight is 295 g/mol. The zero-order valence-corrected chi connectivity index (χ0v) is 11.5. The molecule has 0 unspecified atom stereocenters. The molecule has 0 spiro atoms. The summed E-state index contributed by atoms with van der Waals surface area (Å²) in [6.45, 7) is 2.91. The third-order valence-electron chi connectivity index (χ3n) is 2.51. The first-order valence-electron chi connectivity index (χ1n) is 5.48. The molecule has 0 amide bonds. The number of anilines is 1. The number of aryl methyl sites for hydroxylation is 2. The molecule has 0 atom stereocenters. The lowest BCUT2D eigenvalue weighted by Gasteiger charge is -2.07. The van der Waals surface area contributed by atoms with E-state index in [2.05, 4.69) is 37.4 Å². The van der Waals surface area contributed by atoms with E-state index in [0.717, 1.165) is 28.8 Å². The average Bonchev–Trinajstić information content (AvgIpc) is 2.68. The molecule has 17 heavy (non-hydrogen) atoms. The van der Waals surface area contributed by atoms with Crippen molar-refractivity contribution in [2.75, 3.05) is 11.9 Å². The van der Waals surface area contributed by atoms with Crippen LogP contribution in [0.3, 0.4) is 0 Å². The fourth-order valence-corrected chi connectivity index (χ4v) is 2.10. The number of nitrogens with one attached hydrogen (secondary N) is 1. The number of aromatic nitrogens is 3. The molecule has 0 bridgehead atoms. The number of pyridine rings is 1. The Kier molecular flexibility index (Phi) is 3.78. The van der Waals surface area contributed by atoms with E-state index < -0.39 is 0 Å². The summed E-state index contributed by atoms with van der Waals surface area (Å²) in [6.07, 6.45) is 6.68. The van der Waals surface area contributed by atoms with Crippen molar-refractivity contribution in [2.45, 2.75) is 13.3 Å². The predicted molar refractivity (Wildman–Crippen MR) is 72.1 cm³/mol. The van der Waals surface area contributed by atoms with Gasteiger partial charge in [-0.2, -0.15) is 5.10 Å². The van der Waals surface area contributed by atoms with Crippen LogP contribution >= 0.6 is 15.9 Å². The second-order valence-electron chi connectivity index (χ2n) is 4.02. The molecule has 2 heterocycles. The number of hydrogen-bond donors (Lipinski definition) is 1. The summed E-state index contributed by atoms with van der Waals surface area (Å²) in [5.74, 6) is 0.942. The quantitative estimate of drug-likeness (QED) is 0.942. The van der Waals surface area contributed by atoms with Crippen LogP contribution in [0.5, 0.6) is 0 Å². The Bertz CT molecular complexity index is 507. The van der Waals surface area contributed by atoms with Crippen LogP contribution < -0.4 is 5.32 Å². The second-order valence-corrected chi connectivity index (χ2v) is 4.93. The fraction of sp³-hybridized carbons (Fsp3) is 0.333. The van der Waals surface area contributed by atoms with Gasteiger partial charge in [-0.1, -0.05) is 0 Å². The minimum Gasteiger partial charge on any atom is -0.370 e. The van der Waals surface area contributed by atoms with Crippen molar-refractivity contribution < 1.29 is 0 Å². The molecule has 0 saturated heterocycles. The maximum Gasteiger partial charge on any atom is 0.128 e. The number of rotatable bonds is 4. The van der Waals surface area contributed by atoms with Gasteiger partial charge < -0.3 is 5.32 Å². The summed E-state index contributed by atoms with van der Waals surface area (Å²) < 4.78 is 2.83. The molecule has 1 N–H and O–H groups in total. The standard InChI is InChI=1S/C12H15BrN4/c1-9-5-11(13)7-15-12(9)14-4-3-10-6-16-17(2)8-10/h5-8H,3-4H2,1-2H3,(H,14,15). The van der Waals surface area contributed by atoms with E-state index in [4.69, 9.17) is 0 Å². The summed E-state index contributed by atoms with van der Waals surface area (Å²) in [7, 11) is 1.93. The van der Waals surface area contributed by atoms with Crippen LogP contribution in [0.2, 0.25) is 0 Å². The van der Waals surface area contributed by atoms with Gasteiger partial charge in [0.2, 0.25) is 0 Å². The van der Waals surface area contributed by atoms with Gasteiger partial charge in [0.1, 0.15) is 5.82 Å². The van der Waals surface area contributed by atoms with Crippen LogP contribution in [0.25, 0.3) is 0 Å². The maximum absolute atomic E-state index is 4.34. The highest BCUT2D eigenvalue weighted by Crippen LogP contribution is 2.16. The molecule has 2 rings (SSSR count). The van der Waals surface area contributed by atoms with Crippen LogP contribution in [-0.4, -0.2) is 21.3 Å². The van der Waals surface area contributed by atoms with Gasteiger partial charge in [0.25, 0.3) is 0 Å². The monoisotopic (exact) mass is 294 g/mol. The highest BCUT2D eigenvalue weighted by molar-refractivity contribution is 9.10. The molecule has 0 saturated carbocycles. The van der Waals surface area contributed by atoms with E-state index in [1.807, 2.05) is 31.0 Å². The predicted octanol–water partition coefficient (Wildman–Crippen LogP) is 2.54. The fourth-order valence-electron chi connectivity index (χ4n) is 1.65. The van der Waals surface area contributed by atoms with E-state index >= 15 is 0 Å². The Hall–Kier alpha value is -1.36. The van der Waals surface area contributed by atoms with Crippen LogP contribution in [0.15, 0.2) is 29.1 Å². The minimum absolute atomic E-state index is 0.862. The van der Waals surface area contributed by atoms with Gasteiger partial charge in [-0.15, -0.1) is 0 Å². The lowest BCUT2D eigenvalue weighted by molar-refractivity contribution is 0.767. The van der Waals surface area contributed by atoms with Gasteiger partial charge in [-0.3, -0.25) is 4.68 Å². The third-order valence-corrected chi connectivity index (χ3v) is 2.94. The van der Waals surface area contributed by atoms with E-state index in [9.17, 15) is 0 Å². The van der Waals surface area contributed by atoms with Crippen molar-refractivity contribution in [3.63, 3.8) is 0 Å². The molecule has 0 aliphatic rings. The van der Waals surface area contributed by atoms with Crippen molar-refractivity contribution >= 4 is 21.7 Å². The van der Waals surface area contributed by atoms with E-state index in [1.54, 1.807) is 6.20 Å². The second kappa shape index (κ2) is 5.31. The molecule has 2 aromatic rings. The van der Waals surface area contributed by atoms with Gasteiger partial charge in [-0.05, 0) is 46.5 Å². The maximum atomic E-state index is 4.34. The summed E-state index contributed by atoms with van der Waals surface area (Å²) in [5, 5.41) is 7.47. The Balaban J connectivity index is 1.90. The highest BCUT2D eigenvalue weighted by atomic mass is 79.9. The molecule has 0 aliphatic carbocycles. The summed E-state index contributed by atoms with van der Waals surface area (Å²) >= 11 is 3.40. The van der Waals surface area contributed by atoms with Gasteiger partial charge >= 0.3 is 0 Å². The van der Waals surface area contributed by atoms with Crippen LogP contribution in [0, 0.1) is 6.92 Å². The molecule has 0 radical (unpaired) electrons. The van der Waals surface area contributed by atoms with Gasteiger partial charge in [0.15, 0.2) is 0 Å². The van der Waals surface area contributed by atoms with Gasteiger partial charge in [0, 0.05) is 30.5 Å². The Morgan fingerprint density at radius 3 is 2.88 bits per heavy atom. The first-order valence-corrected chi connectivity index (χ1v) is 6.28. The Labute approximate surface area is 109 Å². The molecular weight excluding hydrogens is 280 g/mol. The lowest BCUT2D eigenvalue weighted by Crippen LogP contribution is -2.07. The van der Waals surface area contributed by atoms with Gasteiger partial charge in [-0.25, -0.2) is 4.98 Å². The zero-order valence-electron chi connectivity index (χ0n) is 9.94. The lowest BCUT2D eigenvalue weighted by atomic mass is 10.2. The Morgan fingerprint density at radius 2 is 2.24 bits per heavy atom. The van der Waals surface area contributed by atoms with Crippen molar-refractivity contribution in [1.82, 2.24) is 14.8 Å². The molecule has 0 aromatic carbocycles. The van der Waals surface area contributed by atoms with Crippen LogP contribution in [-0.2, 0) is 13.5 Å². The normalized spacial score (nSPS) is 10.5. The zero-order chi connectivity index (χ0) is 12.3. The smallest absolute Gasteiger partial charge is 0.128 e. The molecular formula is C12H15BrN4. The number of nitrogens with zero attached hydrogens (tertiary/aromatic N) is 3. The highest BCUT2D eigenvalue weighted by Gasteiger charge is 2.01. The molecule has 2 aromatic heterocycles. The molecule has 4 nitrogen and oxygen atoms in total. The van der Waals surface area contributed by atoms with Crippen molar-refractivity contribution in [3.05, 3.63) is 40.3 Å². The molecule has 5 heteroatoms. The van der Waals surface area contributed by atoms with E-state index in [-0.39, 0.29) is 0 Å². The van der Waals surface area contributed by atoms with E-state index in [0.29, 0.717) is 0 Å². The largest absolute Gasteiger partial charge is 0.370 e. The molecule has 0 fully saturated rings. The first-order chi connectivity index (χ1) is 8.15. The summed E-state index contributed by atoms with van der Waals surface area (Å²) in [5.41, 5.74) is 2.38. The molecule has 90 valence electrons. The number of halogens is 1. The Morgan fingerprint density at radius 1 is 1.41 bits per heavy atom.